The molecular formula is C9H9BrFNO2. The molecule has 1 N–H and O–H groups in total. The molecule has 0 saturated heterocycles. The molecule has 0 unspecified atom stereocenters. The summed E-state index contributed by atoms with van der Waals surface area (Å²) in [6, 6.07) is 4.01. The van der Waals surface area contributed by atoms with Crippen molar-refractivity contribution in [3.05, 3.63) is 24.0 Å². The van der Waals surface area contributed by atoms with Crippen molar-refractivity contribution in [2.75, 3.05) is 17.8 Å². The van der Waals surface area contributed by atoms with Crippen molar-refractivity contribution in [2.45, 2.75) is 0 Å². The predicted octanol–water partition coefficient (Wildman–Crippen LogP) is 2.17. The molecule has 0 saturated carbocycles. The Hall–Kier alpha value is -1.10. The van der Waals surface area contributed by atoms with Crippen LogP contribution < -0.4 is 10.1 Å². The molecule has 0 aliphatic rings. The van der Waals surface area contributed by atoms with Gasteiger partial charge >= 0.3 is 0 Å². The third-order valence-corrected chi connectivity index (χ3v) is 2.02. The molecule has 0 heterocycles. The number of rotatable bonds is 3. The summed E-state index contributed by atoms with van der Waals surface area (Å²) in [6.07, 6.45) is 0. The maximum Gasteiger partial charge on any atom is 0.235 e. The van der Waals surface area contributed by atoms with E-state index in [1.54, 1.807) is 6.07 Å². The van der Waals surface area contributed by atoms with E-state index in [0.717, 1.165) is 0 Å². The molecular weight excluding hydrogens is 253 g/mol. The zero-order valence-corrected chi connectivity index (χ0v) is 9.10. The maximum atomic E-state index is 12.9. The number of methoxy groups -OCH3 is 1. The number of anilines is 1. The number of hydrogen-bond donors (Lipinski definition) is 1. The standard InChI is InChI=1S/C9H9BrFNO2/c1-14-8-3-6(11)2-7(4-8)12-9(13)5-10/h2-4H,5H2,1H3,(H,12,13). The second-order valence-corrected chi connectivity index (χ2v) is 3.12. The van der Waals surface area contributed by atoms with E-state index in [9.17, 15) is 9.18 Å². The van der Waals surface area contributed by atoms with Gasteiger partial charge in [-0.15, -0.1) is 0 Å². The zero-order chi connectivity index (χ0) is 10.6. The van der Waals surface area contributed by atoms with Gasteiger partial charge in [-0.25, -0.2) is 4.39 Å². The van der Waals surface area contributed by atoms with Gasteiger partial charge in [-0.1, -0.05) is 15.9 Å². The van der Waals surface area contributed by atoms with E-state index in [-0.39, 0.29) is 11.2 Å². The molecule has 0 aliphatic heterocycles. The van der Waals surface area contributed by atoms with Gasteiger partial charge in [-0.3, -0.25) is 4.79 Å². The highest BCUT2D eigenvalue weighted by Gasteiger charge is 2.03. The molecule has 1 rings (SSSR count). The lowest BCUT2D eigenvalue weighted by Gasteiger charge is -2.05. The lowest BCUT2D eigenvalue weighted by Crippen LogP contribution is -2.12. The highest BCUT2D eigenvalue weighted by Crippen LogP contribution is 2.19. The Morgan fingerprint density at radius 3 is 2.86 bits per heavy atom. The molecule has 0 radical (unpaired) electrons. The monoisotopic (exact) mass is 261 g/mol. The van der Waals surface area contributed by atoms with E-state index in [2.05, 4.69) is 21.2 Å². The van der Waals surface area contributed by atoms with Gasteiger partial charge in [0.2, 0.25) is 5.91 Å². The number of carbonyl (C=O) groups excluding carboxylic acids is 1. The lowest BCUT2D eigenvalue weighted by atomic mass is 10.3. The maximum absolute atomic E-state index is 12.9. The largest absolute Gasteiger partial charge is 0.497 e. The number of benzene rings is 1. The molecule has 0 bridgehead atoms. The summed E-state index contributed by atoms with van der Waals surface area (Å²) in [4.78, 5) is 11.0. The van der Waals surface area contributed by atoms with Gasteiger partial charge < -0.3 is 10.1 Å². The lowest BCUT2D eigenvalue weighted by molar-refractivity contribution is -0.113. The second-order valence-electron chi connectivity index (χ2n) is 2.56. The number of ether oxygens (including phenoxy) is 1. The van der Waals surface area contributed by atoms with E-state index in [1.165, 1.54) is 19.2 Å². The Balaban J connectivity index is 2.86. The molecule has 3 nitrogen and oxygen atoms in total. The van der Waals surface area contributed by atoms with Gasteiger partial charge in [-0.05, 0) is 6.07 Å². The average Bonchev–Trinajstić information content (AvgIpc) is 2.16. The minimum atomic E-state index is -0.450. The minimum Gasteiger partial charge on any atom is -0.497 e. The van der Waals surface area contributed by atoms with Crippen molar-refractivity contribution in [1.29, 1.82) is 0 Å². The van der Waals surface area contributed by atoms with Crippen molar-refractivity contribution in [2.24, 2.45) is 0 Å². The SMILES string of the molecule is COc1cc(F)cc(NC(=O)CBr)c1. The molecule has 0 atom stereocenters. The quantitative estimate of drug-likeness (QED) is 0.848. The number of carbonyl (C=O) groups is 1. The van der Waals surface area contributed by atoms with E-state index in [0.29, 0.717) is 11.4 Å². The molecule has 0 aliphatic carbocycles. The second kappa shape index (κ2) is 4.95. The molecule has 5 heteroatoms. The number of hydrogen-bond acceptors (Lipinski definition) is 2. The van der Waals surface area contributed by atoms with Crippen LogP contribution in [-0.4, -0.2) is 18.3 Å². The molecule has 0 fully saturated rings. The van der Waals surface area contributed by atoms with Crippen LogP contribution in [0.1, 0.15) is 0 Å². The highest BCUT2D eigenvalue weighted by atomic mass is 79.9. The van der Waals surface area contributed by atoms with Crippen LogP contribution in [0.15, 0.2) is 18.2 Å². The van der Waals surface area contributed by atoms with Crippen LogP contribution in [0.4, 0.5) is 10.1 Å². The first-order chi connectivity index (χ1) is 6.65. The van der Waals surface area contributed by atoms with Gasteiger partial charge in [0.25, 0.3) is 0 Å². The summed E-state index contributed by atoms with van der Waals surface area (Å²) in [5.41, 5.74) is 0.381. The molecule has 1 aromatic carbocycles. The van der Waals surface area contributed by atoms with Gasteiger partial charge in [-0.2, -0.15) is 0 Å². The summed E-state index contributed by atoms with van der Waals surface area (Å²) in [5, 5.41) is 2.67. The molecule has 14 heavy (non-hydrogen) atoms. The van der Waals surface area contributed by atoms with Crippen LogP contribution in [0.25, 0.3) is 0 Å². The summed E-state index contributed by atoms with van der Waals surface area (Å²) in [5.74, 6) is -0.318. The topological polar surface area (TPSA) is 38.3 Å². The normalized spacial score (nSPS) is 9.64. The third kappa shape index (κ3) is 2.99. The van der Waals surface area contributed by atoms with Crippen LogP contribution in [0.2, 0.25) is 0 Å². The molecule has 76 valence electrons. The van der Waals surface area contributed by atoms with Gasteiger partial charge in [0.05, 0.1) is 12.4 Å². The van der Waals surface area contributed by atoms with Gasteiger partial charge in [0, 0.05) is 17.8 Å². The smallest absolute Gasteiger partial charge is 0.235 e. The zero-order valence-electron chi connectivity index (χ0n) is 7.51. The molecule has 0 spiro atoms. The van der Waals surface area contributed by atoms with Crippen LogP contribution in [0.5, 0.6) is 5.75 Å². The fourth-order valence-corrected chi connectivity index (χ4v) is 1.09. The summed E-state index contributed by atoms with van der Waals surface area (Å²) in [6.45, 7) is 0. The van der Waals surface area contributed by atoms with E-state index >= 15 is 0 Å². The van der Waals surface area contributed by atoms with Crippen LogP contribution in [0, 0.1) is 5.82 Å². The fraction of sp³-hybridized carbons (Fsp3) is 0.222. The first-order valence-corrected chi connectivity index (χ1v) is 4.98. The molecule has 1 aromatic rings. The van der Waals surface area contributed by atoms with Crippen LogP contribution >= 0.6 is 15.9 Å². The number of halogens is 2. The Labute approximate surface area is 89.4 Å². The first-order valence-electron chi connectivity index (χ1n) is 3.86. The highest BCUT2D eigenvalue weighted by molar-refractivity contribution is 9.09. The third-order valence-electron chi connectivity index (χ3n) is 1.51. The van der Waals surface area contributed by atoms with Crippen molar-refractivity contribution >= 4 is 27.5 Å². The van der Waals surface area contributed by atoms with Crippen molar-refractivity contribution in [3.8, 4) is 5.75 Å². The Morgan fingerprint density at radius 2 is 2.29 bits per heavy atom. The molecule has 0 aromatic heterocycles. The van der Waals surface area contributed by atoms with E-state index in [1.807, 2.05) is 0 Å². The first kappa shape index (κ1) is 11.0. The summed E-state index contributed by atoms with van der Waals surface area (Å²) >= 11 is 2.99. The van der Waals surface area contributed by atoms with Gasteiger partial charge in [0.1, 0.15) is 11.6 Å². The number of nitrogens with one attached hydrogen (secondary N) is 1. The van der Waals surface area contributed by atoms with Gasteiger partial charge in [0.15, 0.2) is 0 Å². The van der Waals surface area contributed by atoms with Crippen molar-refractivity contribution in [3.63, 3.8) is 0 Å². The minimum absolute atomic E-state index is 0.172. The predicted molar refractivity (Wildman–Crippen MR) is 55.4 cm³/mol. The number of amides is 1. The van der Waals surface area contributed by atoms with E-state index < -0.39 is 5.82 Å². The Morgan fingerprint density at radius 1 is 1.57 bits per heavy atom. The number of alkyl halides is 1. The summed E-state index contributed by atoms with van der Waals surface area (Å²) in [7, 11) is 1.44. The fourth-order valence-electron chi connectivity index (χ4n) is 0.947. The molecule has 1 amide bonds. The Bertz CT molecular complexity index is 344. The van der Waals surface area contributed by atoms with Crippen LogP contribution in [0.3, 0.4) is 0 Å². The van der Waals surface area contributed by atoms with Crippen molar-refractivity contribution < 1.29 is 13.9 Å². The summed E-state index contributed by atoms with van der Waals surface area (Å²) < 4.78 is 17.8. The van der Waals surface area contributed by atoms with Crippen molar-refractivity contribution in [1.82, 2.24) is 0 Å². The van der Waals surface area contributed by atoms with Crippen LogP contribution in [-0.2, 0) is 4.79 Å². The van der Waals surface area contributed by atoms with E-state index in [4.69, 9.17) is 4.74 Å². The average molecular weight is 262 g/mol. The Kier molecular flexibility index (Phi) is 3.88.